The molecule has 9 nitrogen and oxygen atoms in total. The Morgan fingerprint density at radius 1 is 1.06 bits per heavy atom. The average Bonchev–Trinajstić information content (AvgIpc) is 3.64. The number of unbranched alkanes of at least 4 members (excludes halogenated alkanes) is 1. The number of hydrogen-bond acceptors (Lipinski definition) is 5. The van der Waals surface area contributed by atoms with Crippen molar-refractivity contribution in [2.24, 2.45) is 0 Å². The van der Waals surface area contributed by atoms with Gasteiger partial charge in [0.2, 0.25) is 5.82 Å². The van der Waals surface area contributed by atoms with E-state index in [1.165, 1.54) is 10.6 Å². The summed E-state index contributed by atoms with van der Waals surface area (Å²) in [5.74, 6) is 0.351. The van der Waals surface area contributed by atoms with E-state index in [4.69, 9.17) is 0 Å². The summed E-state index contributed by atoms with van der Waals surface area (Å²) in [6.45, 7) is 4.94. The lowest BCUT2D eigenvalue weighted by atomic mass is 10.0. The molecule has 1 aromatic carbocycles. The number of nitrogens with one attached hydrogen (secondary N) is 1. The normalized spacial score (nSPS) is 11.3. The Labute approximate surface area is 207 Å². The number of aromatic amines is 1. The third kappa shape index (κ3) is 4.37. The van der Waals surface area contributed by atoms with Gasteiger partial charge < -0.3 is 4.57 Å². The van der Waals surface area contributed by atoms with E-state index >= 15 is 0 Å². The van der Waals surface area contributed by atoms with Crippen LogP contribution in [0.1, 0.15) is 37.9 Å². The van der Waals surface area contributed by atoms with Crippen LogP contribution in [0.2, 0.25) is 0 Å². The summed E-state index contributed by atoms with van der Waals surface area (Å²) in [5.41, 5.74) is 3.95. The van der Waals surface area contributed by atoms with E-state index in [0.717, 1.165) is 47.3 Å². The molecule has 0 aliphatic carbocycles. The summed E-state index contributed by atoms with van der Waals surface area (Å²) in [5, 5.41) is 14.3. The van der Waals surface area contributed by atoms with Crippen LogP contribution in [0.25, 0.3) is 28.5 Å². The fourth-order valence-corrected chi connectivity index (χ4v) is 4.39. The van der Waals surface area contributed by atoms with Crippen LogP contribution in [0.5, 0.6) is 0 Å². The lowest BCUT2D eigenvalue weighted by Gasteiger charge is -2.09. The van der Waals surface area contributed by atoms with Crippen LogP contribution in [0.4, 0.5) is 4.39 Å². The minimum absolute atomic E-state index is 0.264. The number of imidazole rings is 1. The maximum absolute atomic E-state index is 14.6. The molecule has 0 saturated carbocycles. The maximum Gasteiger partial charge on any atom is 0.334 e. The molecule has 0 radical (unpaired) electrons. The van der Waals surface area contributed by atoms with Crippen molar-refractivity contribution >= 4 is 0 Å². The second-order valence-corrected chi connectivity index (χ2v) is 8.57. The van der Waals surface area contributed by atoms with E-state index in [1.807, 2.05) is 43.3 Å². The first-order valence-electron chi connectivity index (χ1n) is 12.0. The van der Waals surface area contributed by atoms with E-state index in [0.29, 0.717) is 18.9 Å². The number of pyridine rings is 1. The monoisotopic (exact) mass is 486 g/mol. The quantitative estimate of drug-likeness (QED) is 0.336. The zero-order valence-electron chi connectivity index (χ0n) is 20.2. The molecular formula is C26H27FN8O. The van der Waals surface area contributed by atoms with Crippen molar-refractivity contribution in [2.75, 3.05) is 0 Å². The molecule has 5 rings (SSSR count). The highest BCUT2D eigenvalue weighted by Gasteiger charge is 2.19. The van der Waals surface area contributed by atoms with E-state index in [9.17, 15) is 9.18 Å². The Hall–Kier alpha value is -4.34. The molecule has 0 unspecified atom stereocenters. The van der Waals surface area contributed by atoms with Crippen LogP contribution in [-0.2, 0) is 19.5 Å². The van der Waals surface area contributed by atoms with Crippen molar-refractivity contribution in [1.29, 1.82) is 0 Å². The van der Waals surface area contributed by atoms with Crippen molar-refractivity contribution in [3.05, 3.63) is 88.6 Å². The van der Waals surface area contributed by atoms with E-state index < -0.39 is 5.82 Å². The van der Waals surface area contributed by atoms with Gasteiger partial charge in [-0.3, -0.25) is 14.1 Å². The summed E-state index contributed by atoms with van der Waals surface area (Å²) >= 11 is 0. The summed E-state index contributed by atoms with van der Waals surface area (Å²) in [6.07, 6.45) is 7.86. The third-order valence-electron chi connectivity index (χ3n) is 6.26. The second-order valence-electron chi connectivity index (χ2n) is 8.57. The summed E-state index contributed by atoms with van der Waals surface area (Å²) in [4.78, 5) is 18.1. The SMILES string of the molecule is CCCCc1cn(-c2c(F)ccn2CC)c(=O)n1Cc1ccc(-c2ccccc2-c2nn[nH]n2)nc1. The molecule has 0 saturated heterocycles. The van der Waals surface area contributed by atoms with Gasteiger partial charge in [0.15, 0.2) is 11.6 Å². The van der Waals surface area contributed by atoms with Crippen LogP contribution >= 0.6 is 0 Å². The molecule has 1 N–H and O–H groups in total. The molecular weight excluding hydrogens is 459 g/mol. The van der Waals surface area contributed by atoms with Gasteiger partial charge in [0.1, 0.15) is 0 Å². The van der Waals surface area contributed by atoms with Crippen LogP contribution in [0.15, 0.2) is 65.8 Å². The van der Waals surface area contributed by atoms with Gasteiger partial charge in [0.25, 0.3) is 0 Å². The van der Waals surface area contributed by atoms with Gasteiger partial charge in [-0.05, 0) is 42.7 Å². The smallest absolute Gasteiger partial charge is 0.332 e. The number of aromatic nitrogens is 8. The molecule has 0 atom stereocenters. The van der Waals surface area contributed by atoms with Crippen LogP contribution in [0.3, 0.4) is 0 Å². The number of aryl methyl sites for hydroxylation is 2. The number of hydrogen-bond donors (Lipinski definition) is 1. The van der Waals surface area contributed by atoms with Crippen molar-refractivity contribution < 1.29 is 4.39 Å². The van der Waals surface area contributed by atoms with Gasteiger partial charge in [-0.25, -0.2) is 9.18 Å². The van der Waals surface area contributed by atoms with Crippen molar-refractivity contribution in [2.45, 2.75) is 46.2 Å². The Morgan fingerprint density at radius 3 is 2.58 bits per heavy atom. The van der Waals surface area contributed by atoms with Crippen LogP contribution in [0, 0.1) is 5.82 Å². The molecule has 4 aromatic heterocycles. The molecule has 184 valence electrons. The maximum atomic E-state index is 14.6. The van der Waals surface area contributed by atoms with Crippen molar-refractivity contribution in [1.82, 2.24) is 39.3 Å². The third-order valence-corrected chi connectivity index (χ3v) is 6.26. The molecule has 0 spiro atoms. The number of tetrazole rings is 1. The van der Waals surface area contributed by atoms with Gasteiger partial charge in [0.05, 0.1) is 12.2 Å². The molecule has 0 amide bonds. The zero-order valence-corrected chi connectivity index (χ0v) is 20.2. The molecule has 5 aromatic rings. The number of halogens is 1. The van der Waals surface area contributed by atoms with Gasteiger partial charge in [-0.2, -0.15) is 5.21 Å². The van der Waals surface area contributed by atoms with Gasteiger partial charge in [0, 0.05) is 42.0 Å². The van der Waals surface area contributed by atoms with Crippen LogP contribution in [-0.4, -0.2) is 39.3 Å². The fraction of sp³-hybridized carbons (Fsp3) is 0.269. The molecule has 36 heavy (non-hydrogen) atoms. The van der Waals surface area contributed by atoms with Crippen molar-refractivity contribution in [3.8, 4) is 28.5 Å². The number of nitrogens with zero attached hydrogens (tertiary/aromatic N) is 7. The lowest BCUT2D eigenvalue weighted by Crippen LogP contribution is -2.26. The topological polar surface area (TPSA) is 99.2 Å². The van der Waals surface area contributed by atoms with Crippen molar-refractivity contribution in [3.63, 3.8) is 0 Å². The summed E-state index contributed by atoms with van der Waals surface area (Å²) in [6, 6.07) is 13.0. The first-order valence-corrected chi connectivity index (χ1v) is 12.0. The van der Waals surface area contributed by atoms with E-state index in [-0.39, 0.29) is 11.5 Å². The number of H-pyrrole nitrogens is 1. The molecule has 0 aliphatic rings. The Kier molecular flexibility index (Phi) is 6.57. The van der Waals surface area contributed by atoms with Gasteiger partial charge in [-0.15, -0.1) is 10.2 Å². The number of rotatable bonds is 9. The highest BCUT2D eigenvalue weighted by atomic mass is 19.1. The highest BCUT2D eigenvalue weighted by Crippen LogP contribution is 2.28. The first-order chi connectivity index (χ1) is 17.6. The molecule has 0 fully saturated rings. The molecule has 10 heteroatoms. The van der Waals surface area contributed by atoms with Gasteiger partial charge in [-0.1, -0.05) is 43.7 Å². The van der Waals surface area contributed by atoms with E-state index in [2.05, 4.69) is 32.5 Å². The van der Waals surface area contributed by atoms with Crippen LogP contribution < -0.4 is 5.69 Å². The Morgan fingerprint density at radius 2 is 1.89 bits per heavy atom. The lowest BCUT2D eigenvalue weighted by molar-refractivity contribution is 0.595. The predicted molar refractivity (Wildman–Crippen MR) is 134 cm³/mol. The second kappa shape index (κ2) is 10.1. The molecule has 4 heterocycles. The minimum atomic E-state index is -0.413. The predicted octanol–water partition coefficient (Wildman–Crippen LogP) is 4.23. The van der Waals surface area contributed by atoms with E-state index in [1.54, 1.807) is 27.7 Å². The Balaban J connectivity index is 1.48. The summed E-state index contributed by atoms with van der Waals surface area (Å²) in [7, 11) is 0. The van der Waals surface area contributed by atoms with Gasteiger partial charge >= 0.3 is 5.69 Å². The fourth-order valence-electron chi connectivity index (χ4n) is 4.39. The Bertz CT molecular complexity index is 1510. The highest BCUT2D eigenvalue weighted by molar-refractivity contribution is 5.78. The molecule has 0 aliphatic heterocycles. The summed E-state index contributed by atoms with van der Waals surface area (Å²) < 4.78 is 19.5. The average molecular weight is 487 g/mol. The first kappa shape index (κ1) is 23.4. The standard InChI is InChI=1S/C26H27FN8O/c1-3-5-8-19-17-35(25-22(27)13-14-33(25)4-2)26(36)34(19)16-18-11-12-23(28-15-18)20-9-6-7-10-21(20)24-29-31-32-30-24/h6-7,9-15,17H,3-5,8,16H2,1-2H3,(H,29,30,31,32). The molecule has 0 bridgehead atoms. The number of benzene rings is 1. The zero-order chi connectivity index (χ0) is 25.1. The minimum Gasteiger partial charge on any atom is -0.332 e. The largest absolute Gasteiger partial charge is 0.334 e.